The van der Waals surface area contributed by atoms with Gasteiger partial charge >= 0.3 is 6.03 Å². The number of rotatable bonds is 3. The van der Waals surface area contributed by atoms with Gasteiger partial charge in [-0.3, -0.25) is 0 Å². The number of hydrogen-bond acceptors (Lipinski definition) is 2. The summed E-state index contributed by atoms with van der Waals surface area (Å²) in [5.74, 6) is 1.21. The highest BCUT2D eigenvalue weighted by molar-refractivity contribution is 6.06. The van der Waals surface area contributed by atoms with Gasteiger partial charge in [0.1, 0.15) is 11.4 Å². The molecule has 3 rings (SSSR count). The molecular weight excluding hydrogens is 202 g/mol. The van der Waals surface area contributed by atoms with E-state index in [1.807, 2.05) is 4.90 Å². The van der Waals surface area contributed by atoms with E-state index >= 15 is 0 Å². The maximum absolute atomic E-state index is 11.9. The summed E-state index contributed by atoms with van der Waals surface area (Å²) in [6.45, 7) is 5.15. The minimum Gasteiger partial charge on any atom is -0.385 e. The Labute approximate surface area is 95.9 Å². The second-order valence-corrected chi connectivity index (χ2v) is 5.97. The Balaban J connectivity index is 1.92. The molecule has 0 radical (unpaired) electrons. The molecule has 2 N–H and O–H groups in total. The maximum Gasteiger partial charge on any atom is 0.346 e. The fourth-order valence-corrected chi connectivity index (χ4v) is 2.73. The summed E-state index contributed by atoms with van der Waals surface area (Å²) in [5.41, 5.74) is 5.83. The van der Waals surface area contributed by atoms with Crippen LogP contribution in [0.2, 0.25) is 0 Å². The van der Waals surface area contributed by atoms with Crippen LogP contribution in [-0.4, -0.2) is 28.9 Å². The average molecular weight is 221 g/mol. The summed E-state index contributed by atoms with van der Waals surface area (Å²) in [5, 5.41) is 0. The third-order valence-electron chi connectivity index (χ3n) is 4.80. The maximum atomic E-state index is 11.9. The highest BCUT2D eigenvalue weighted by atomic mass is 16.2. The van der Waals surface area contributed by atoms with Crippen molar-refractivity contribution in [2.75, 3.05) is 6.54 Å². The molecule has 16 heavy (non-hydrogen) atoms. The summed E-state index contributed by atoms with van der Waals surface area (Å²) >= 11 is 0. The molecule has 2 amide bonds. The number of nitrogens with zero attached hydrogens (tertiary/aromatic N) is 2. The highest BCUT2D eigenvalue weighted by Crippen LogP contribution is 2.57. The van der Waals surface area contributed by atoms with Crippen molar-refractivity contribution in [1.29, 1.82) is 0 Å². The molecular formula is C12H19N3O. The molecule has 4 heteroatoms. The number of aliphatic imine (C=N–C) groups is 1. The van der Waals surface area contributed by atoms with E-state index in [9.17, 15) is 4.79 Å². The van der Waals surface area contributed by atoms with E-state index in [2.05, 4.69) is 18.8 Å². The largest absolute Gasteiger partial charge is 0.385 e. The van der Waals surface area contributed by atoms with Crippen LogP contribution in [0, 0.1) is 11.3 Å². The SMILES string of the molecule is CC1(C2(C)C(N)=NC(=O)N2CC2CC2)CC1. The molecule has 0 aromatic rings. The van der Waals surface area contributed by atoms with Crippen LogP contribution in [0.1, 0.15) is 39.5 Å². The summed E-state index contributed by atoms with van der Waals surface area (Å²) in [6, 6.07) is -0.125. The first-order valence-corrected chi connectivity index (χ1v) is 6.14. The number of carbonyl (C=O) groups is 1. The lowest BCUT2D eigenvalue weighted by molar-refractivity contribution is 0.133. The van der Waals surface area contributed by atoms with Crippen molar-refractivity contribution in [1.82, 2.24) is 4.90 Å². The zero-order valence-electron chi connectivity index (χ0n) is 9.99. The van der Waals surface area contributed by atoms with Crippen molar-refractivity contribution in [3.05, 3.63) is 0 Å². The Morgan fingerprint density at radius 2 is 2.06 bits per heavy atom. The van der Waals surface area contributed by atoms with Crippen LogP contribution in [0.3, 0.4) is 0 Å². The van der Waals surface area contributed by atoms with E-state index in [0.717, 1.165) is 19.4 Å². The van der Waals surface area contributed by atoms with Gasteiger partial charge in [0, 0.05) is 6.54 Å². The number of amidine groups is 1. The molecule has 3 aliphatic rings. The Morgan fingerprint density at radius 1 is 1.44 bits per heavy atom. The molecule has 1 unspecified atom stereocenters. The normalized spacial score (nSPS) is 36.5. The second kappa shape index (κ2) is 2.79. The number of urea groups is 1. The molecule has 1 aliphatic heterocycles. The quantitative estimate of drug-likeness (QED) is 0.789. The van der Waals surface area contributed by atoms with Crippen molar-refractivity contribution in [3.8, 4) is 0 Å². The van der Waals surface area contributed by atoms with E-state index in [1.54, 1.807) is 0 Å². The van der Waals surface area contributed by atoms with Crippen LogP contribution in [0.15, 0.2) is 4.99 Å². The number of amides is 2. The molecule has 2 saturated carbocycles. The zero-order valence-corrected chi connectivity index (χ0v) is 9.99. The van der Waals surface area contributed by atoms with E-state index in [4.69, 9.17) is 5.73 Å². The third kappa shape index (κ3) is 1.16. The molecule has 0 aromatic carbocycles. The molecule has 88 valence electrons. The zero-order chi connectivity index (χ0) is 11.6. The highest BCUT2D eigenvalue weighted by Gasteiger charge is 2.62. The van der Waals surface area contributed by atoms with Crippen molar-refractivity contribution < 1.29 is 4.79 Å². The van der Waals surface area contributed by atoms with Gasteiger partial charge in [0.2, 0.25) is 0 Å². The number of nitrogens with two attached hydrogens (primary N) is 1. The first-order chi connectivity index (χ1) is 7.47. The van der Waals surface area contributed by atoms with Crippen LogP contribution >= 0.6 is 0 Å². The fourth-order valence-electron chi connectivity index (χ4n) is 2.73. The lowest BCUT2D eigenvalue weighted by Gasteiger charge is -2.40. The van der Waals surface area contributed by atoms with Gasteiger partial charge in [0.15, 0.2) is 0 Å². The molecule has 1 heterocycles. The topological polar surface area (TPSA) is 58.7 Å². The Morgan fingerprint density at radius 3 is 2.56 bits per heavy atom. The molecule has 0 saturated heterocycles. The summed E-state index contributed by atoms with van der Waals surface area (Å²) in [6.07, 6.45) is 4.79. The smallest absolute Gasteiger partial charge is 0.346 e. The van der Waals surface area contributed by atoms with Crippen LogP contribution < -0.4 is 5.73 Å². The van der Waals surface area contributed by atoms with E-state index in [1.165, 1.54) is 12.8 Å². The van der Waals surface area contributed by atoms with Gasteiger partial charge in [-0.05, 0) is 43.9 Å². The minimum atomic E-state index is -0.327. The number of carbonyl (C=O) groups excluding carboxylic acids is 1. The predicted molar refractivity (Wildman–Crippen MR) is 62.2 cm³/mol. The summed E-state index contributed by atoms with van der Waals surface area (Å²) < 4.78 is 0. The number of hydrogen-bond donors (Lipinski definition) is 1. The minimum absolute atomic E-state index is 0.125. The second-order valence-electron chi connectivity index (χ2n) is 5.97. The molecule has 4 nitrogen and oxygen atoms in total. The molecule has 2 aliphatic carbocycles. The van der Waals surface area contributed by atoms with E-state index in [0.29, 0.717) is 11.8 Å². The predicted octanol–water partition coefficient (Wildman–Crippen LogP) is 1.75. The van der Waals surface area contributed by atoms with Gasteiger partial charge in [-0.2, -0.15) is 4.99 Å². The van der Waals surface area contributed by atoms with Gasteiger partial charge in [-0.25, -0.2) is 4.79 Å². The summed E-state index contributed by atoms with van der Waals surface area (Å²) in [7, 11) is 0. The van der Waals surface area contributed by atoms with Gasteiger partial charge in [-0.15, -0.1) is 0 Å². The molecule has 1 atom stereocenters. The molecule has 0 aromatic heterocycles. The van der Waals surface area contributed by atoms with Crippen molar-refractivity contribution in [2.45, 2.75) is 45.1 Å². The average Bonchev–Trinajstić information content (AvgIpc) is 3.08. The van der Waals surface area contributed by atoms with Crippen molar-refractivity contribution in [3.63, 3.8) is 0 Å². The lowest BCUT2D eigenvalue weighted by atomic mass is 9.81. The van der Waals surface area contributed by atoms with Crippen LogP contribution in [0.4, 0.5) is 4.79 Å². The van der Waals surface area contributed by atoms with E-state index in [-0.39, 0.29) is 17.0 Å². The first-order valence-electron chi connectivity index (χ1n) is 6.14. The Hall–Kier alpha value is -1.06. The van der Waals surface area contributed by atoms with Crippen molar-refractivity contribution >= 4 is 11.9 Å². The molecule has 0 bridgehead atoms. The van der Waals surface area contributed by atoms with Crippen LogP contribution in [0.25, 0.3) is 0 Å². The van der Waals surface area contributed by atoms with Crippen molar-refractivity contribution in [2.24, 2.45) is 22.1 Å². The van der Waals surface area contributed by atoms with Crippen LogP contribution in [-0.2, 0) is 0 Å². The Bertz CT molecular complexity index is 382. The van der Waals surface area contributed by atoms with Gasteiger partial charge in [0.05, 0.1) is 0 Å². The van der Waals surface area contributed by atoms with Gasteiger partial charge < -0.3 is 10.6 Å². The van der Waals surface area contributed by atoms with Gasteiger partial charge in [0.25, 0.3) is 0 Å². The monoisotopic (exact) mass is 221 g/mol. The van der Waals surface area contributed by atoms with E-state index < -0.39 is 0 Å². The standard InChI is InChI=1S/C12H19N3O/c1-11(5-6-11)12(2)9(13)14-10(16)15(12)7-8-3-4-8/h8H,3-7H2,1-2H3,(H2,13,14,16). The first kappa shape index (κ1) is 10.1. The molecule has 0 spiro atoms. The molecule has 2 fully saturated rings. The van der Waals surface area contributed by atoms with Crippen LogP contribution in [0.5, 0.6) is 0 Å². The summed E-state index contributed by atoms with van der Waals surface area (Å²) in [4.78, 5) is 17.8. The lowest BCUT2D eigenvalue weighted by Crippen LogP contribution is -2.57. The third-order valence-corrected chi connectivity index (χ3v) is 4.80. The fraction of sp³-hybridized carbons (Fsp3) is 0.833. The van der Waals surface area contributed by atoms with Gasteiger partial charge in [-0.1, -0.05) is 6.92 Å². The Kier molecular flexibility index (Phi) is 1.76.